The minimum Gasteiger partial charge on any atom is -0.491 e. The van der Waals surface area contributed by atoms with Gasteiger partial charge in [-0.2, -0.15) is 12.8 Å². The Morgan fingerprint density at radius 3 is 2.16 bits per heavy atom. The molecule has 144 valence electrons. The van der Waals surface area contributed by atoms with Gasteiger partial charge in [-0.1, -0.05) is 0 Å². The minimum atomic E-state index is -4.03. The highest BCUT2D eigenvalue weighted by Crippen LogP contribution is 2.33. The van der Waals surface area contributed by atoms with Crippen molar-refractivity contribution in [1.82, 2.24) is 0 Å². The minimum absolute atomic E-state index is 0.0659. The van der Waals surface area contributed by atoms with E-state index in [4.69, 9.17) is 14.0 Å². The number of hydrogen-bond donors (Lipinski definition) is 2. The summed E-state index contributed by atoms with van der Waals surface area (Å²) in [5.41, 5.74) is 0.599. The molecule has 0 aliphatic rings. The molecule has 1 aromatic rings. The van der Waals surface area contributed by atoms with Crippen molar-refractivity contribution in [1.29, 1.82) is 0 Å². The van der Waals surface area contributed by atoms with Gasteiger partial charge in [-0.15, -0.1) is 0 Å². The van der Waals surface area contributed by atoms with E-state index in [0.29, 0.717) is 18.9 Å². The summed E-state index contributed by atoms with van der Waals surface area (Å²) in [5, 5.41) is 10.0. The summed E-state index contributed by atoms with van der Waals surface area (Å²) in [6, 6.07) is 3.04. The fraction of sp³-hybridized carbons (Fsp3) is 0.625. The Kier molecular flexibility index (Phi) is 8.40. The van der Waals surface area contributed by atoms with Gasteiger partial charge in [0, 0.05) is 31.4 Å². The Hall–Kier alpha value is -1.58. The van der Waals surface area contributed by atoms with Crippen molar-refractivity contribution in [2.24, 2.45) is 0 Å². The lowest BCUT2D eigenvalue weighted by atomic mass is 10.2. The molecular formula is C16H26FNO6S. The van der Waals surface area contributed by atoms with Gasteiger partial charge < -0.3 is 19.5 Å². The van der Waals surface area contributed by atoms with E-state index in [-0.39, 0.29) is 30.9 Å². The van der Waals surface area contributed by atoms with Gasteiger partial charge in [0.05, 0.1) is 25.1 Å². The van der Waals surface area contributed by atoms with Gasteiger partial charge in [0.1, 0.15) is 0 Å². The topological polar surface area (TPSA) is 96.3 Å². The van der Waals surface area contributed by atoms with Crippen LogP contribution in [0.5, 0.6) is 11.5 Å². The molecule has 0 saturated heterocycles. The molecule has 25 heavy (non-hydrogen) atoms. The Labute approximate surface area is 148 Å². The number of rotatable bonds is 11. The second-order valence-electron chi connectivity index (χ2n) is 5.58. The third-order valence-corrected chi connectivity index (χ3v) is 4.26. The van der Waals surface area contributed by atoms with Crippen LogP contribution < -0.4 is 14.4 Å². The highest BCUT2D eigenvalue weighted by Gasteiger charge is 2.17. The van der Waals surface area contributed by atoms with Crippen LogP contribution in [0.25, 0.3) is 0 Å². The molecule has 0 aliphatic carbocycles. The zero-order chi connectivity index (χ0) is 19.0. The van der Waals surface area contributed by atoms with Crippen molar-refractivity contribution < 1.29 is 31.9 Å². The highest BCUT2D eigenvalue weighted by molar-refractivity contribution is 7.85. The zero-order valence-electron chi connectivity index (χ0n) is 14.7. The van der Waals surface area contributed by atoms with Crippen LogP contribution in [0.3, 0.4) is 0 Å². The molecule has 0 bridgehead atoms. The number of aliphatic hydroxyl groups excluding tert-OH is 1. The van der Waals surface area contributed by atoms with Crippen LogP contribution in [-0.4, -0.2) is 56.7 Å². The lowest BCUT2D eigenvalue weighted by Crippen LogP contribution is -2.29. The van der Waals surface area contributed by atoms with E-state index >= 15 is 0 Å². The van der Waals surface area contributed by atoms with Crippen molar-refractivity contribution in [3.05, 3.63) is 17.9 Å². The SMILES string of the molecule is CCOc1cc(N(C)CC(O)CCCS(=O)(=O)O)cc(OCC)c1F. The predicted molar refractivity (Wildman–Crippen MR) is 93.7 cm³/mol. The van der Waals surface area contributed by atoms with Gasteiger partial charge in [-0.05, 0) is 26.7 Å². The number of benzene rings is 1. The fourth-order valence-corrected chi connectivity index (χ4v) is 2.85. The van der Waals surface area contributed by atoms with E-state index in [9.17, 15) is 17.9 Å². The Bertz CT molecular complexity index is 625. The first-order chi connectivity index (χ1) is 11.7. The number of likely N-dealkylation sites (N-methyl/N-ethyl adjacent to an activating group) is 1. The average molecular weight is 379 g/mol. The summed E-state index contributed by atoms with van der Waals surface area (Å²) in [6.07, 6.45) is -0.448. The zero-order valence-corrected chi connectivity index (χ0v) is 15.6. The molecule has 1 unspecified atom stereocenters. The van der Waals surface area contributed by atoms with Crippen LogP contribution in [-0.2, 0) is 10.1 Å². The van der Waals surface area contributed by atoms with E-state index in [1.807, 2.05) is 0 Å². The quantitative estimate of drug-likeness (QED) is 0.568. The monoisotopic (exact) mass is 379 g/mol. The van der Waals surface area contributed by atoms with Crippen molar-refractivity contribution >= 4 is 15.8 Å². The lowest BCUT2D eigenvalue weighted by Gasteiger charge is -2.24. The molecule has 2 N–H and O–H groups in total. The summed E-state index contributed by atoms with van der Waals surface area (Å²) < 4.78 is 54.9. The Morgan fingerprint density at radius 2 is 1.72 bits per heavy atom. The Balaban J connectivity index is 2.80. The summed E-state index contributed by atoms with van der Waals surface area (Å²) in [6.45, 7) is 4.29. The summed E-state index contributed by atoms with van der Waals surface area (Å²) in [5.74, 6) is -0.838. The molecule has 0 aromatic heterocycles. The maximum Gasteiger partial charge on any atom is 0.264 e. The van der Waals surface area contributed by atoms with E-state index < -0.39 is 27.8 Å². The standard InChI is InChI=1S/C16H26FNO6S/c1-4-23-14-9-12(10-15(16(14)17)24-5-2)18(3)11-13(19)7-6-8-25(20,21)22/h9-10,13,19H,4-8,11H2,1-3H3,(H,20,21,22). The molecule has 0 fully saturated rings. The highest BCUT2D eigenvalue weighted by atomic mass is 32.2. The first-order valence-electron chi connectivity index (χ1n) is 8.11. The second-order valence-corrected chi connectivity index (χ2v) is 7.16. The molecular weight excluding hydrogens is 353 g/mol. The second kappa shape index (κ2) is 9.79. The van der Waals surface area contributed by atoms with E-state index in [1.165, 1.54) is 12.1 Å². The molecule has 0 spiro atoms. The molecule has 1 aromatic carbocycles. The number of halogens is 1. The normalized spacial score (nSPS) is 12.7. The fourth-order valence-electron chi connectivity index (χ4n) is 2.31. The smallest absolute Gasteiger partial charge is 0.264 e. The first kappa shape index (κ1) is 21.5. The lowest BCUT2D eigenvalue weighted by molar-refractivity contribution is 0.170. The van der Waals surface area contributed by atoms with Gasteiger partial charge in [-0.3, -0.25) is 4.55 Å². The number of nitrogens with zero attached hydrogens (tertiary/aromatic N) is 1. The van der Waals surface area contributed by atoms with Crippen LogP contribution in [0.15, 0.2) is 12.1 Å². The molecule has 9 heteroatoms. The van der Waals surface area contributed by atoms with Gasteiger partial charge in [0.2, 0.25) is 5.82 Å². The third-order valence-electron chi connectivity index (χ3n) is 3.46. The summed E-state index contributed by atoms with van der Waals surface area (Å²) in [7, 11) is -2.32. The van der Waals surface area contributed by atoms with Crippen molar-refractivity contribution in [2.45, 2.75) is 32.8 Å². The van der Waals surface area contributed by atoms with Crippen LogP contribution in [0.2, 0.25) is 0 Å². The Morgan fingerprint density at radius 1 is 1.20 bits per heavy atom. The van der Waals surface area contributed by atoms with Crippen LogP contribution in [0.4, 0.5) is 10.1 Å². The number of hydrogen-bond acceptors (Lipinski definition) is 6. The van der Waals surface area contributed by atoms with E-state index in [2.05, 4.69) is 0 Å². The van der Waals surface area contributed by atoms with Crippen LogP contribution in [0, 0.1) is 5.82 Å². The molecule has 7 nitrogen and oxygen atoms in total. The first-order valence-corrected chi connectivity index (χ1v) is 9.72. The predicted octanol–water partition coefficient (Wildman–Crippen LogP) is 2.09. The summed E-state index contributed by atoms with van der Waals surface area (Å²) in [4.78, 5) is 1.70. The molecule has 0 heterocycles. The molecule has 0 radical (unpaired) electrons. The molecule has 0 amide bonds. The van der Waals surface area contributed by atoms with Crippen molar-refractivity contribution in [3.8, 4) is 11.5 Å². The third kappa shape index (κ3) is 7.45. The van der Waals surface area contributed by atoms with Gasteiger partial charge >= 0.3 is 0 Å². The maximum absolute atomic E-state index is 14.2. The van der Waals surface area contributed by atoms with Crippen LogP contribution in [0.1, 0.15) is 26.7 Å². The number of aliphatic hydroxyl groups is 1. The average Bonchev–Trinajstić information content (AvgIpc) is 2.50. The summed E-state index contributed by atoms with van der Waals surface area (Å²) >= 11 is 0. The number of ether oxygens (including phenoxy) is 2. The van der Waals surface area contributed by atoms with Crippen LogP contribution >= 0.6 is 0 Å². The van der Waals surface area contributed by atoms with E-state index in [0.717, 1.165) is 0 Å². The van der Waals surface area contributed by atoms with Gasteiger partial charge in [0.15, 0.2) is 11.5 Å². The molecule has 1 atom stereocenters. The van der Waals surface area contributed by atoms with Crippen molar-refractivity contribution in [2.75, 3.05) is 37.5 Å². The van der Waals surface area contributed by atoms with Crippen molar-refractivity contribution in [3.63, 3.8) is 0 Å². The maximum atomic E-state index is 14.2. The van der Waals surface area contributed by atoms with Gasteiger partial charge in [-0.25, -0.2) is 0 Å². The van der Waals surface area contributed by atoms with Gasteiger partial charge in [0.25, 0.3) is 10.1 Å². The molecule has 1 rings (SSSR count). The largest absolute Gasteiger partial charge is 0.491 e. The molecule has 0 saturated carbocycles. The molecule has 0 aliphatic heterocycles. The number of anilines is 1. The van der Waals surface area contributed by atoms with E-state index in [1.54, 1.807) is 25.8 Å².